The normalized spacial score (nSPS) is 10.1. The van der Waals surface area contributed by atoms with Gasteiger partial charge >= 0.3 is 0 Å². The number of aromatic nitrogens is 2. The maximum absolute atomic E-state index is 11.9. The van der Waals surface area contributed by atoms with Crippen molar-refractivity contribution in [1.29, 1.82) is 0 Å². The topological polar surface area (TPSA) is 57.8 Å². The van der Waals surface area contributed by atoms with Gasteiger partial charge in [0, 0.05) is 14.7 Å². The quantitative estimate of drug-likeness (QED) is 0.821. The standard InChI is InChI=1S/C10H7ClIN3O/c11-6-1-2-8(12)7(5-6)10(16)14-9-3-4-13-15-9/h1-5H,(H2,13,14,15,16). The molecule has 1 aromatic carbocycles. The second-order valence-electron chi connectivity index (χ2n) is 3.05. The number of benzene rings is 1. The third-order valence-electron chi connectivity index (χ3n) is 1.92. The molecule has 6 heteroatoms. The molecule has 1 amide bonds. The number of anilines is 1. The Morgan fingerprint density at radius 2 is 2.25 bits per heavy atom. The molecule has 0 saturated heterocycles. The monoisotopic (exact) mass is 347 g/mol. The Balaban J connectivity index is 2.24. The van der Waals surface area contributed by atoms with Crippen LogP contribution in [0.3, 0.4) is 0 Å². The van der Waals surface area contributed by atoms with Gasteiger partial charge in [-0.25, -0.2) is 0 Å². The summed E-state index contributed by atoms with van der Waals surface area (Å²) in [6.45, 7) is 0. The van der Waals surface area contributed by atoms with E-state index in [0.29, 0.717) is 16.4 Å². The van der Waals surface area contributed by atoms with Gasteiger partial charge in [0.15, 0.2) is 0 Å². The lowest BCUT2D eigenvalue weighted by atomic mass is 10.2. The van der Waals surface area contributed by atoms with Gasteiger partial charge in [-0.2, -0.15) is 5.10 Å². The van der Waals surface area contributed by atoms with E-state index in [0.717, 1.165) is 3.57 Å². The maximum Gasteiger partial charge on any atom is 0.257 e. The van der Waals surface area contributed by atoms with Gasteiger partial charge in [0.2, 0.25) is 0 Å². The average Bonchev–Trinajstić information content (AvgIpc) is 2.74. The molecule has 2 aromatic rings. The fraction of sp³-hybridized carbons (Fsp3) is 0. The zero-order valence-electron chi connectivity index (χ0n) is 8.00. The van der Waals surface area contributed by atoms with Crippen molar-refractivity contribution in [3.05, 3.63) is 44.6 Å². The van der Waals surface area contributed by atoms with Crippen molar-refractivity contribution in [3.63, 3.8) is 0 Å². The van der Waals surface area contributed by atoms with Crippen molar-refractivity contribution in [2.75, 3.05) is 5.32 Å². The highest BCUT2D eigenvalue weighted by molar-refractivity contribution is 14.1. The summed E-state index contributed by atoms with van der Waals surface area (Å²) < 4.78 is 0.846. The van der Waals surface area contributed by atoms with E-state index in [1.165, 1.54) is 0 Å². The molecule has 2 rings (SSSR count). The molecule has 0 atom stereocenters. The molecule has 82 valence electrons. The summed E-state index contributed by atoms with van der Waals surface area (Å²) in [6, 6.07) is 6.85. The lowest BCUT2D eigenvalue weighted by Gasteiger charge is -2.05. The van der Waals surface area contributed by atoms with E-state index in [4.69, 9.17) is 11.6 Å². The minimum absolute atomic E-state index is 0.212. The number of H-pyrrole nitrogens is 1. The molecule has 0 aliphatic carbocycles. The molecule has 1 aromatic heterocycles. The molecule has 4 nitrogen and oxygen atoms in total. The molecule has 0 saturated carbocycles. The summed E-state index contributed by atoms with van der Waals surface area (Å²) in [5.74, 6) is 0.344. The molecule has 0 unspecified atom stereocenters. The van der Waals surface area contributed by atoms with Crippen LogP contribution in [-0.2, 0) is 0 Å². The summed E-state index contributed by atoms with van der Waals surface area (Å²) in [5, 5.41) is 9.62. The SMILES string of the molecule is O=C(Nc1ccn[nH]1)c1cc(Cl)ccc1I. The number of hydrogen-bond donors (Lipinski definition) is 2. The van der Waals surface area contributed by atoms with E-state index in [-0.39, 0.29) is 5.91 Å². The smallest absolute Gasteiger partial charge is 0.257 e. The molecule has 0 aliphatic heterocycles. The third-order valence-corrected chi connectivity index (χ3v) is 3.10. The van der Waals surface area contributed by atoms with E-state index in [2.05, 4.69) is 38.1 Å². The largest absolute Gasteiger partial charge is 0.307 e. The number of nitrogens with one attached hydrogen (secondary N) is 2. The van der Waals surface area contributed by atoms with Crippen molar-refractivity contribution in [2.45, 2.75) is 0 Å². The number of rotatable bonds is 2. The number of aromatic amines is 1. The van der Waals surface area contributed by atoms with E-state index >= 15 is 0 Å². The lowest BCUT2D eigenvalue weighted by Crippen LogP contribution is -2.13. The Morgan fingerprint density at radius 1 is 1.44 bits per heavy atom. The Bertz CT molecular complexity index is 513. The maximum atomic E-state index is 11.9. The minimum Gasteiger partial charge on any atom is -0.307 e. The zero-order chi connectivity index (χ0) is 11.5. The number of nitrogens with zero attached hydrogens (tertiary/aromatic N) is 1. The second-order valence-corrected chi connectivity index (χ2v) is 4.65. The van der Waals surface area contributed by atoms with Gasteiger partial charge in [0.1, 0.15) is 5.82 Å². The molecule has 1 heterocycles. The third kappa shape index (κ3) is 2.53. The van der Waals surface area contributed by atoms with Crippen molar-refractivity contribution < 1.29 is 4.79 Å². The average molecular weight is 348 g/mol. The molecular formula is C10H7ClIN3O. The lowest BCUT2D eigenvalue weighted by molar-refractivity contribution is 0.102. The molecule has 2 N–H and O–H groups in total. The molecule has 0 spiro atoms. The van der Waals surface area contributed by atoms with Gasteiger partial charge < -0.3 is 5.32 Å². The summed E-state index contributed by atoms with van der Waals surface area (Å²) in [7, 11) is 0. The Kier molecular flexibility index (Phi) is 3.45. The summed E-state index contributed by atoms with van der Waals surface area (Å²) in [4.78, 5) is 11.9. The fourth-order valence-electron chi connectivity index (χ4n) is 1.19. The summed E-state index contributed by atoms with van der Waals surface area (Å²) in [6.07, 6.45) is 1.57. The van der Waals surface area contributed by atoms with Crippen molar-refractivity contribution in [3.8, 4) is 0 Å². The van der Waals surface area contributed by atoms with Crippen LogP contribution in [0.4, 0.5) is 5.82 Å². The number of carbonyl (C=O) groups excluding carboxylic acids is 1. The van der Waals surface area contributed by atoms with Crippen LogP contribution in [-0.4, -0.2) is 16.1 Å². The number of halogens is 2. The van der Waals surface area contributed by atoms with Crippen LogP contribution in [0, 0.1) is 3.57 Å². The first kappa shape index (κ1) is 11.4. The van der Waals surface area contributed by atoms with Gasteiger partial charge in [0.25, 0.3) is 5.91 Å². The Labute approximate surface area is 111 Å². The van der Waals surface area contributed by atoms with Gasteiger partial charge in [-0.05, 0) is 40.8 Å². The molecule has 0 bridgehead atoms. The molecule has 0 fully saturated rings. The van der Waals surface area contributed by atoms with Crippen LogP contribution in [0.5, 0.6) is 0 Å². The van der Waals surface area contributed by atoms with Gasteiger partial charge in [0.05, 0.1) is 11.8 Å². The molecule has 16 heavy (non-hydrogen) atoms. The van der Waals surface area contributed by atoms with Crippen molar-refractivity contribution >= 4 is 45.9 Å². The predicted molar refractivity (Wildman–Crippen MR) is 70.7 cm³/mol. The number of hydrogen-bond acceptors (Lipinski definition) is 2. The summed E-state index contributed by atoms with van der Waals surface area (Å²) in [5.41, 5.74) is 0.544. The van der Waals surface area contributed by atoms with Crippen LogP contribution in [0.25, 0.3) is 0 Å². The molecule has 0 aliphatic rings. The van der Waals surface area contributed by atoms with Crippen LogP contribution < -0.4 is 5.32 Å². The van der Waals surface area contributed by atoms with Crippen molar-refractivity contribution in [1.82, 2.24) is 10.2 Å². The van der Waals surface area contributed by atoms with Gasteiger partial charge in [-0.15, -0.1) is 0 Å². The molecular weight excluding hydrogens is 340 g/mol. The van der Waals surface area contributed by atoms with Gasteiger partial charge in [-0.3, -0.25) is 9.89 Å². The summed E-state index contributed by atoms with van der Waals surface area (Å²) >= 11 is 7.93. The van der Waals surface area contributed by atoms with Crippen LogP contribution in [0.2, 0.25) is 5.02 Å². The first-order valence-electron chi connectivity index (χ1n) is 4.42. The van der Waals surface area contributed by atoms with Crippen LogP contribution >= 0.6 is 34.2 Å². The van der Waals surface area contributed by atoms with E-state index in [1.54, 1.807) is 30.5 Å². The highest BCUT2D eigenvalue weighted by Gasteiger charge is 2.11. The highest BCUT2D eigenvalue weighted by atomic mass is 127. The Morgan fingerprint density at radius 3 is 2.94 bits per heavy atom. The van der Waals surface area contributed by atoms with Gasteiger partial charge in [-0.1, -0.05) is 11.6 Å². The van der Waals surface area contributed by atoms with Crippen LogP contribution in [0.1, 0.15) is 10.4 Å². The van der Waals surface area contributed by atoms with E-state index < -0.39 is 0 Å². The second kappa shape index (κ2) is 4.84. The first-order chi connectivity index (χ1) is 7.66. The fourth-order valence-corrected chi connectivity index (χ4v) is 1.94. The van der Waals surface area contributed by atoms with E-state index in [1.807, 2.05) is 0 Å². The van der Waals surface area contributed by atoms with E-state index in [9.17, 15) is 4.79 Å². The Hall–Kier alpha value is -1.08. The first-order valence-corrected chi connectivity index (χ1v) is 5.88. The minimum atomic E-state index is -0.212. The van der Waals surface area contributed by atoms with Crippen molar-refractivity contribution in [2.24, 2.45) is 0 Å². The number of amides is 1. The highest BCUT2D eigenvalue weighted by Crippen LogP contribution is 2.18. The predicted octanol–water partition coefficient (Wildman–Crippen LogP) is 2.92. The van der Waals surface area contributed by atoms with Crippen LogP contribution in [0.15, 0.2) is 30.5 Å². The molecule has 0 radical (unpaired) electrons. The zero-order valence-corrected chi connectivity index (χ0v) is 10.9. The number of carbonyl (C=O) groups is 1.